The molecule has 94 valence electrons. The summed E-state index contributed by atoms with van der Waals surface area (Å²) in [5, 5.41) is 10.5. The second-order valence-electron chi connectivity index (χ2n) is 4.17. The Hall–Kier alpha value is -1.32. The van der Waals surface area contributed by atoms with E-state index in [-0.39, 0.29) is 0 Å². The third-order valence-electron chi connectivity index (χ3n) is 2.88. The monoisotopic (exact) mass is 306 g/mol. The van der Waals surface area contributed by atoms with Crippen LogP contribution in [0.25, 0.3) is 0 Å². The molecule has 0 aliphatic carbocycles. The predicted octanol–water partition coefficient (Wildman–Crippen LogP) is 3.85. The van der Waals surface area contributed by atoms with Crippen LogP contribution in [0.1, 0.15) is 22.8 Å². The Bertz CT molecular complexity index is 552. The van der Waals surface area contributed by atoms with Gasteiger partial charge in [0, 0.05) is 10.0 Å². The minimum absolute atomic E-state index is 0.693. The fourth-order valence-corrected chi connectivity index (χ4v) is 2.40. The molecule has 1 unspecified atom stereocenters. The van der Waals surface area contributed by atoms with Gasteiger partial charge in [-0.15, -0.1) is 0 Å². The first-order valence-corrected chi connectivity index (χ1v) is 6.50. The van der Waals surface area contributed by atoms with Crippen molar-refractivity contribution >= 4 is 15.9 Å². The molecule has 0 amide bonds. The van der Waals surface area contributed by atoms with Gasteiger partial charge in [-0.1, -0.05) is 51.8 Å². The molecule has 0 saturated carbocycles. The summed E-state index contributed by atoms with van der Waals surface area (Å²) in [6, 6.07) is 13.4. The van der Waals surface area contributed by atoms with Gasteiger partial charge in [0.15, 0.2) is 0 Å². The molecule has 2 aromatic rings. The van der Waals surface area contributed by atoms with E-state index in [0.29, 0.717) is 5.75 Å². The molecule has 0 aliphatic rings. The van der Waals surface area contributed by atoms with Crippen LogP contribution in [0, 0.1) is 6.92 Å². The van der Waals surface area contributed by atoms with Crippen LogP contribution in [0.3, 0.4) is 0 Å². The van der Waals surface area contributed by atoms with E-state index >= 15 is 0 Å². The third kappa shape index (κ3) is 2.57. The summed E-state index contributed by atoms with van der Waals surface area (Å²) in [5.41, 5.74) is 2.73. The predicted molar refractivity (Wildman–Crippen MR) is 75.9 cm³/mol. The van der Waals surface area contributed by atoms with E-state index in [0.717, 1.165) is 21.2 Å². The van der Waals surface area contributed by atoms with Gasteiger partial charge in [0.2, 0.25) is 0 Å². The van der Waals surface area contributed by atoms with Crippen LogP contribution in [0.15, 0.2) is 46.9 Å². The lowest BCUT2D eigenvalue weighted by Crippen LogP contribution is -2.03. The van der Waals surface area contributed by atoms with Crippen LogP contribution in [-0.4, -0.2) is 12.2 Å². The van der Waals surface area contributed by atoms with Crippen molar-refractivity contribution in [3.05, 3.63) is 63.6 Å². The quantitative estimate of drug-likeness (QED) is 0.933. The smallest absolute Gasteiger partial charge is 0.125 e. The minimum Gasteiger partial charge on any atom is -0.496 e. The van der Waals surface area contributed by atoms with Crippen molar-refractivity contribution in [1.29, 1.82) is 0 Å². The normalized spacial score (nSPS) is 12.2. The molecule has 3 heteroatoms. The number of methoxy groups -OCH3 is 1. The number of aliphatic hydroxyl groups excluding tert-OH is 1. The Labute approximate surface area is 115 Å². The number of halogens is 1. The molecule has 0 aromatic heterocycles. The van der Waals surface area contributed by atoms with E-state index in [4.69, 9.17) is 4.74 Å². The molecule has 0 heterocycles. The van der Waals surface area contributed by atoms with Crippen LogP contribution in [0.2, 0.25) is 0 Å². The molecular weight excluding hydrogens is 292 g/mol. The van der Waals surface area contributed by atoms with E-state index in [1.54, 1.807) is 7.11 Å². The first-order chi connectivity index (χ1) is 8.63. The number of ether oxygens (including phenoxy) is 1. The number of para-hydroxylation sites is 1. The summed E-state index contributed by atoms with van der Waals surface area (Å²) < 4.78 is 6.18. The SMILES string of the molecule is COc1ccccc1C(O)c1cc(C)ccc1Br. The minimum atomic E-state index is -0.699. The second-order valence-corrected chi connectivity index (χ2v) is 5.02. The largest absolute Gasteiger partial charge is 0.496 e. The summed E-state index contributed by atoms with van der Waals surface area (Å²) in [6.07, 6.45) is -0.699. The van der Waals surface area contributed by atoms with Crippen LogP contribution in [-0.2, 0) is 0 Å². The lowest BCUT2D eigenvalue weighted by molar-refractivity contribution is 0.214. The number of aryl methyl sites for hydroxylation is 1. The zero-order valence-electron chi connectivity index (χ0n) is 10.4. The second kappa shape index (κ2) is 5.55. The standard InChI is InChI=1S/C15H15BrO2/c1-10-7-8-13(16)12(9-10)15(17)11-5-3-4-6-14(11)18-2/h3-9,15,17H,1-2H3. The van der Waals surface area contributed by atoms with E-state index in [1.165, 1.54) is 0 Å². The van der Waals surface area contributed by atoms with E-state index < -0.39 is 6.10 Å². The van der Waals surface area contributed by atoms with E-state index in [1.807, 2.05) is 49.4 Å². The summed E-state index contributed by atoms with van der Waals surface area (Å²) >= 11 is 3.47. The van der Waals surface area contributed by atoms with Gasteiger partial charge in [0.05, 0.1) is 7.11 Å². The lowest BCUT2D eigenvalue weighted by atomic mass is 9.99. The van der Waals surface area contributed by atoms with Crippen molar-refractivity contribution in [2.45, 2.75) is 13.0 Å². The van der Waals surface area contributed by atoms with Gasteiger partial charge in [-0.3, -0.25) is 0 Å². The highest BCUT2D eigenvalue weighted by Crippen LogP contribution is 2.33. The first-order valence-electron chi connectivity index (χ1n) is 5.70. The zero-order chi connectivity index (χ0) is 13.1. The van der Waals surface area contributed by atoms with E-state index in [9.17, 15) is 5.11 Å². The molecular formula is C15H15BrO2. The summed E-state index contributed by atoms with van der Waals surface area (Å²) in [5.74, 6) is 0.693. The molecule has 2 nitrogen and oxygen atoms in total. The summed E-state index contributed by atoms with van der Waals surface area (Å²) in [6.45, 7) is 2.00. The number of benzene rings is 2. The number of rotatable bonds is 3. The topological polar surface area (TPSA) is 29.5 Å². The molecule has 0 spiro atoms. The van der Waals surface area contributed by atoms with Gasteiger partial charge in [-0.2, -0.15) is 0 Å². The van der Waals surface area contributed by atoms with E-state index in [2.05, 4.69) is 15.9 Å². The Kier molecular flexibility index (Phi) is 4.04. The maximum atomic E-state index is 10.5. The zero-order valence-corrected chi connectivity index (χ0v) is 11.9. The Morgan fingerprint density at radius 1 is 1.11 bits per heavy atom. The molecule has 2 rings (SSSR count). The molecule has 0 bridgehead atoms. The lowest BCUT2D eigenvalue weighted by Gasteiger charge is -2.16. The van der Waals surface area contributed by atoms with Crippen molar-refractivity contribution < 1.29 is 9.84 Å². The summed E-state index contributed by atoms with van der Waals surface area (Å²) in [7, 11) is 1.61. The van der Waals surface area contributed by atoms with Gasteiger partial charge in [0.25, 0.3) is 0 Å². The Morgan fingerprint density at radius 3 is 2.56 bits per heavy atom. The van der Waals surface area contributed by atoms with Gasteiger partial charge < -0.3 is 9.84 Å². The maximum Gasteiger partial charge on any atom is 0.125 e. The highest BCUT2D eigenvalue weighted by atomic mass is 79.9. The van der Waals surface area contributed by atoms with Gasteiger partial charge >= 0.3 is 0 Å². The van der Waals surface area contributed by atoms with Crippen LogP contribution in [0.5, 0.6) is 5.75 Å². The van der Waals surface area contributed by atoms with Crippen molar-refractivity contribution in [2.24, 2.45) is 0 Å². The molecule has 0 fully saturated rings. The molecule has 1 N–H and O–H groups in total. The molecule has 0 radical (unpaired) electrons. The number of aliphatic hydroxyl groups is 1. The van der Waals surface area contributed by atoms with Crippen LogP contribution >= 0.6 is 15.9 Å². The fraction of sp³-hybridized carbons (Fsp3) is 0.200. The van der Waals surface area contributed by atoms with Gasteiger partial charge in [0.1, 0.15) is 11.9 Å². The molecule has 18 heavy (non-hydrogen) atoms. The van der Waals surface area contributed by atoms with Crippen molar-refractivity contribution in [1.82, 2.24) is 0 Å². The average molecular weight is 307 g/mol. The van der Waals surface area contributed by atoms with Gasteiger partial charge in [-0.05, 0) is 24.6 Å². The van der Waals surface area contributed by atoms with Crippen molar-refractivity contribution in [3.63, 3.8) is 0 Å². The summed E-state index contributed by atoms with van der Waals surface area (Å²) in [4.78, 5) is 0. The first kappa shape index (κ1) is 13.1. The highest BCUT2D eigenvalue weighted by Gasteiger charge is 2.17. The molecule has 1 atom stereocenters. The number of hydrogen-bond donors (Lipinski definition) is 1. The van der Waals surface area contributed by atoms with Crippen molar-refractivity contribution in [3.8, 4) is 5.75 Å². The molecule has 2 aromatic carbocycles. The van der Waals surface area contributed by atoms with Crippen LogP contribution in [0.4, 0.5) is 0 Å². The Morgan fingerprint density at radius 2 is 1.83 bits per heavy atom. The Balaban J connectivity index is 2.47. The van der Waals surface area contributed by atoms with Crippen molar-refractivity contribution in [2.75, 3.05) is 7.11 Å². The molecule has 0 aliphatic heterocycles. The third-order valence-corrected chi connectivity index (χ3v) is 3.60. The number of hydrogen-bond acceptors (Lipinski definition) is 2. The average Bonchev–Trinajstić information content (AvgIpc) is 2.40. The maximum absolute atomic E-state index is 10.5. The van der Waals surface area contributed by atoms with Gasteiger partial charge in [-0.25, -0.2) is 0 Å². The van der Waals surface area contributed by atoms with Crippen LogP contribution < -0.4 is 4.74 Å². The fourth-order valence-electron chi connectivity index (χ4n) is 1.93. The highest BCUT2D eigenvalue weighted by molar-refractivity contribution is 9.10. The molecule has 0 saturated heterocycles.